The van der Waals surface area contributed by atoms with Crippen LogP contribution in [-0.2, 0) is 0 Å². The first-order valence-electron chi connectivity index (χ1n) is 3.36. The van der Waals surface area contributed by atoms with Crippen LogP contribution in [0, 0.1) is 11.8 Å². The third-order valence-electron chi connectivity index (χ3n) is 1.69. The van der Waals surface area contributed by atoms with Crippen molar-refractivity contribution in [3.05, 3.63) is 12.7 Å². The van der Waals surface area contributed by atoms with E-state index in [1.54, 1.807) is 0 Å². The van der Waals surface area contributed by atoms with E-state index in [1.807, 2.05) is 0 Å². The molecule has 0 aromatic carbocycles. The van der Waals surface area contributed by atoms with Crippen LogP contribution < -0.4 is 0 Å². The molecule has 13 heavy (non-hydrogen) atoms. The monoisotopic (exact) mass is 206 g/mol. The lowest BCUT2D eigenvalue weighted by Crippen LogP contribution is -2.35. The predicted molar refractivity (Wildman–Crippen MR) is 35.0 cm³/mol. The molecule has 0 bridgehead atoms. The Kier molecular flexibility index (Phi) is 3.40. The van der Waals surface area contributed by atoms with E-state index < -0.39 is 24.2 Å². The molecule has 0 aliphatic carbocycles. The fourth-order valence-corrected chi connectivity index (χ4v) is 0.825. The lowest BCUT2D eigenvalue weighted by Gasteiger charge is -2.25. The second-order valence-corrected chi connectivity index (χ2v) is 2.63. The molecule has 0 fully saturated rings. The molecule has 0 rings (SSSR count). The van der Waals surface area contributed by atoms with Gasteiger partial charge in [-0.2, -0.15) is 26.3 Å². The maximum atomic E-state index is 11.9. The second-order valence-electron chi connectivity index (χ2n) is 2.63. The molecule has 0 amide bonds. The summed E-state index contributed by atoms with van der Waals surface area (Å²) in [5, 5.41) is 0. The number of alkyl halides is 6. The summed E-state index contributed by atoms with van der Waals surface area (Å²) in [6.45, 7) is 3.23. The van der Waals surface area contributed by atoms with E-state index in [0.29, 0.717) is 6.92 Å². The van der Waals surface area contributed by atoms with E-state index >= 15 is 0 Å². The van der Waals surface area contributed by atoms with Gasteiger partial charge in [-0.1, -0.05) is 13.0 Å². The van der Waals surface area contributed by atoms with Crippen molar-refractivity contribution in [3.63, 3.8) is 0 Å². The highest BCUT2D eigenvalue weighted by atomic mass is 19.4. The van der Waals surface area contributed by atoms with Crippen molar-refractivity contribution in [1.29, 1.82) is 0 Å². The Morgan fingerprint density at radius 2 is 1.38 bits per heavy atom. The van der Waals surface area contributed by atoms with E-state index in [9.17, 15) is 26.3 Å². The summed E-state index contributed by atoms with van der Waals surface area (Å²) in [4.78, 5) is 0. The first kappa shape index (κ1) is 12.3. The molecule has 0 saturated carbocycles. The predicted octanol–water partition coefficient (Wildman–Crippen LogP) is 3.55. The van der Waals surface area contributed by atoms with Crippen molar-refractivity contribution in [1.82, 2.24) is 0 Å². The van der Waals surface area contributed by atoms with Crippen molar-refractivity contribution in [2.45, 2.75) is 19.3 Å². The minimum absolute atomic E-state index is 0.276. The van der Waals surface area contributed by atoms with Crippen LogP contribution >= 0.6 is 0 Å². The summed E-state index contributed by atoms with van der Waals surface area (Å²) in [7, 11) is 0. The Bertz CT molecular complexity index is 176. The molecule has 0 heterocycles. The molecule has 0 nitrogen and oxygen atoms in total. The number of hydrogen-bond donors (Lipinski definition) is 0. The van der Waals surface area contributed by atoms with Crippen molar-refractivity contribution < 1.29 is 26.3 Å². The van der Waals surface area contributed by atoms with Crippen molar-refractivity contribution >= 4 is 0 Å². The topological polar surface area (TPSA) is 0 Å². The Labute approximate surface area is 71.2 Å². The van der Waals surface area contributed by atoms with Crippen molar-refractivity contribution in [3.8, 4) is 0 Å². The molecule has 0 aromatic heterocycles. The van der Waals surface area contributed by atoms with Crippen LogP contribution in [0.5, 0.6) is 0 Å². The average Bonchev–Trinajstić information content (AvgIpc) is 1.83. The zero-order valence-corrected chi connectivity index (χ0v) is 6.71. The lowest BCUT2D eigenvalue weighted by atomic mass is 9.93. The first-order valence-corrected chi connectivity index (χ1v) is 3.36. The fraction of sp³-hybridized carbons (Fsp3) is 0.714. The summed E-state index contributed by atoms with van der Waals surface area (Å²) in [6.07, 6.45) is -9.47. The Morgan fingerprint density at radius 3 is 1.46 bits per heavy atom. The second kappa shape index (κ2) is 3.59. The van der Waals surface area contributed by atoms with Gasteiger partial charge < -0.3 is 0 Å². The zero-order chi connectivity index (χ0) is 10.9. The number of rotatable bonds is 2. The van der Waals surface area contributed by atoms with E-state index in [4.69, 9.17) is 0 Å². The standard InChI is InChI=1S/C7H8F6/c1-3-5(7(11,12)13)4(2)6(8,9)10/h3-5H,1H2,2H3. The summed E-state index contributed by atoms with van der Waals surface area (Å²) in [5.74, 6) is -4.99. The zero-order valence-electron chi connectivity index (χ0n) is 6.71. The Hall–Kier alpha value is -0.680. The van der Waals surface area contributed by atoms with Gasteiger partial charge in [-0.3, -0.25) is 0 Å². The smallest absolute Gasteiger partial charge is 0.171 e. The van der Waals surface area contributed by atoms with Gasteiger partial charge in [0, 0.05) is 0 Å². The third-order valence-corrected chi connectivity index (χ3v) is 1.69. The highest BCUT2D eigenvalue weighted by molar-refractivity contribution is 4.90. The minimum atomic E-state index is -4.89. The molecular formula is C7H8F6. The van der Waals surface area contributed by atoms with Gasteiger partial charge in [-0.25, -0.2) is 0 Å². The van der Waals surface area contributed by atoms with Gasteiger partial charge in [0.2, 0.25) is 0 Å². The first-order chi connectivity index (χ1) is 5.60. The molecular weight excluding hydrogens is 198 g/mol. The molecule has 6 heteroatoms. The summed E-state index contributed by atoms with van der Waals surface area (Å²) in [5.41, 5.74) is 0. The van der Waals surface area contributed by atoms with Crippen LogP contribution in [0.1, 0.15) is 6.92 Å². The highest BCUT2D eigenvalue weighted by Gasteiger charge is 2.51. The van der Waals surface area contributed by atoms with E-state index in [1.165, 1.54) is 0 Å². The quantitative estimate of drug-likeness (QED) is 0.478. The number of halogens is 6. The molecule has 0 saturated heterocycles. The molecule has 2 unspecified atom stereocenters. The summed E-state index contributed by atoms with van der Waals surface area (Å²) in [6, 6.07) is 0. The van der Waals surface area contributed by atoms with Crippen LogP contribution in [0.15, 0.2) is 12.7 Å². The minimum Gasteiger partial charge on any atom is -0.171 e. The Balaban J connectivity index is 4.71. The molecule has 0 N–H and O–H groups in total. The molecule has 2 atom stereocenters. The fourth-order valence-electron chi connectivity index (χ4n) is 0.825. The van der Waals surface area contributed by atoms with Crippen molar-refractivity contribution in [2.24, 2.45) is 11.8 Å². The van der Waals surface area contributed by atoms with Crippen molar-refractivity contribution in [2.75, 3.05) is 0 Å². The van der Waals surface area contributed by atoms with Gasteiger partial charge in [-0.05, 0) is 0 Å². The van der Waals surface area contributed by atoms with Gasteiger partial charge >= 0.3 is 12.4 Å². The van der Waals surface area contributed by atoms with Crippen LogP contribution in [-0.4, -0.2) is 12.4 Å². The van der Waals surface area contributed by atoms with Gasteiger partial charge in [0.15, 0.2) is 0 Å². The van der Waals surface area contributed by atoms with Gasteiger partial charge in [0.25, 0.3) is 0 Å². The molecule has 0 aliphatic rings. The molecule has 78 valence electrons. The van der Waals surface area contributed by atoms with Crippen LogP contribution in [0.4, 0.5) is 26.3 Å². The SMILES string of the molecule is C=CC(C(C)C(F)(F)F)C(F)(F)F. The van der Waals surface area contributed by atoms with Gasteiger partial charge in [0.1, 0.15) is 0 Å². The molecule has 0 radical (unpaired) electrons. The molecule has 0 aromatic rings. The average molecular weight is 206 g/mol. The molecule has 0 aliphatic heterocycles. The van der Waals surface area contributed by atoms with Crippen LogP contribution in [0.3, 0.4) is 0 Å². The van der Waals surface area contributed by atoms with Crippen LogP contribution in [0.2, 0.25) is 0 Å². The Morgan fingerprint density at radius 1 is 1.00 bits per heavy atom. The number of allylic oxidation sites excluding steroid dienone is 1. The van der Waals surface area contributed by atoms with E-state index in [0.717, 1.165) is 0 Å². The summed E-state index contributed by atoms with van der Waals surface area (Å²) >= 11 is 0. The van der Waals surface area contributed by atoms with Gasteiger partial charge in [0.05, 0.1) is 11.8 Å². The third kappa shape index (κ3) is 3.28. The summed E-state index contributed by atoms with van der Waals surface area (Å²) < 4.78 is 71.4. The van der Waals surface area contributed by atoms with Crippen LogP contribution in [0.25, 0.3) is 0 Å². The maximum Gasteiger partial charge on any atom is 0.395 e. The maximum absolute atomic E-state index is 11.9. The normalized spacial score (nSPS) is 18.1. The largest absolute Gasteiger partial charge is 0.395 e. The van der Waals surface area contributed by atoms with E-state index in [-0.39, 0.29) is 6.08 Å². The van der Waals surface area contributed by atoms with Gasteiger partial charge in [-0.15, -0.1) is 6.58 Å². The van der Waals surface area contributed by atoms with E-state index in [2.05, 4.69) is 6.58 Å². The lowest BCUT2D eigenvalue weighted by molar-refractivity contribution is -0.237. The molecule has 0 spiro atoms. The highest BCUT2D eigenvalue weighted by Crippen LogP contribution is 2.40. The number of hydrogen-bond acceptors (Lipinski definition) is 0.